The van der Waals surface area contributed by atoms with Crippen LogP contribution in [0, 0.1) is 0 Å². The highest BCUT2D eigenvalue weighted by atomic mass is 19.1. The number of allylic oxidation sites excluding steroid dienone is 1. The molecule has 0 saturated carbocycles. The smallest absolute Gasteiger partial charge is 0.261 e. The maximum absolute atomic E-state index is 14.0. The minimum Gasteiger partial charge on any atom is -0.507 e. The third-order valence-corrected chi connectivity index (χ3v) is 8.51. The summed E-state index contributed by atoms with van der Waals surface area (Å²) in [4.78, 5) is 56.4. The van der Waals surface area contributed by atoms with E-state index in [1.807, 2.05) is 18.7 Å². The first kappa shape index (κ1) is 35.6. The third-order valence-electron chi connectivity index (χ3n) is 8.51. The largest absolute Gasteiger partial charge is 0.507 e. The Hall–Kier alpha value is -5.73. The molecule has 1 aliphatic heterocycles. The Morgan fingerprint density at radius 1 is 1.12 bits per heavy atom. The number of halogens is 1. The first-order valence-electron chi connectivity index (χ1n) is 16.2. The van der Waals surface area contributed by atoms with Crippen LogP contribution in [0.5, 0.6) is 11.6 Å². The number of methoxy groups -OCH3 is 1. The van der Waals surface area contributed by atoms with Crippen molar-refractivity contribution in [2.75, 3.05) is 51.9 Å². The maximum atomic E-state index is 14.0. The predicted octanol–water partition coefficient (Wildman–Crippen LogP) is 4.49. The summed E-state index contributed by atoms with van der Waals surface area (Å²) in [5.41, 5.74) is 3.22. The fourth-order valence-electron chi connectivity index (χ4n) is 5.72. The summed E-state index contributed by atoms with van der Waals surface area (Å²) in [5.74, 6) is -0.307. The zero-order chi connectivity index (χ0) is 35.9. The number of piperazine rings is 1. The number of phenolic OH excluding ortho intramolecular Hbond substituents is 1. The van der Waals surface area contributed by atoms with Gasteiger partial charge in [-0.2, -0.15) is 4.98 Å². The van der Waals surface area contributed by atoms with Gasteiger partial charge in [0, 0.05) is 56.7 Å². The molecule has 0 unspecified atom stereocenters. The van der Waals surface area contributed by atoms with Gasteiger partial charge in [0.1, 0.15) is 29.1 Å². The fourth-order valence-corrected chi connectivity index (χ4v) is 5.72. The standard InChI is InChI=1S/C29H29N7O7.C6H11F/c1-4-18-23(34-9-11-35(12-10-34)29(40)22-19(37)6-5-17-25(22)42-15-32-17)24(39)26-27(36(18)14-20(38)30-2)33-28(43-26)16-7-8-31-21(13-16)41-3;1-3-6(2)4-5-7/h5-8,13,15,37H,4,9-12,14H2,1-3H3,(H,30,38);2-5H2,1H3. The molecule has 50 heavy (non-hydrogen) atoms. The van der Waals surface area contributed by atoms with Gasteiger partial charge in [-0.25, -0.2) is 9.97 Å². The predicted molar refractivity (Wildman–Crippen MR) is 185 cm³/mol. The number of hydrogen-bond acceptors (Lipinski definition) is 11. The Morgan fingerprint density at radius 3 is 2.52 bits per heavy atom. The van der Waals surface area contributed by atoms with Crippen molar-refractivity contribution in [3.8, 4) is 23.1 Å². The molecule has 1 fully saturated rings. The third kappa shape index (κ3) is 7.16. The van der Waals surface area contributed by atoms with Crippen LogP contribution < -0.4 is 20.4 Å². The highest BCUT2D eigenvalue weighted by Gasteiger charge is 2.31. The van der Waals surface area contributed by atoms with E-state index in [0.717, 1.165) is 12.0 Å². The lowest BCUT2D eigenvalue weighted by Gasteiger charge is -2.37. The Kier molecular flexibility index (Phi) is 11.1. The average Bonchev–Trinajstić information content (AvgIpc) is 3.81. The van der Waals surface area contributed by atoms with E-state index in [9.17, 15) is 23.9 Å². The van der Waals surface area contributed by atoms with Crippen LogP contribution in [0.1, 0.15) is 42.7 Å². The molecule has 0 bridgehead atoms. The van der Waals surface area contributed by atoms with E-state index in [4.69, 9.17) is 13.6 Å². The van der Waals surface area contributed by atoms with Gasteiger partial charge in [0.05, 0.1) is 13.8 Å². The Morgan fingerprint density at radius 2 is 1.88 bits per heavy atom. The molecule has 0 radical (unpaired) electrons. The first-order valence-corrected chi connectivity index (χ1v) is 16.2. The molecule has 14 nitrogen and oxygen atoms in total. The molecule has 1 aromatic carbocycles. The van der Waals surface area contributed by atoms with Crippen molar-refractivity contribution >= 4 is 39.8 Å². The number of rotatable bonds is 10. The van der Waals surface area contributed by atoms with E-state index < -0.39 is 5.91 Å². The summed E-state index contributed by atoms with van der Waals surface area (Å²) in [5, 5.41) is 13.1. The van der Waals surface area contributed by atoms with E-state index in [1.165, 1.54) is 19.6 Å². The summed E-state index contributed by atoms with van der Waals surface area (Å²) in [7, 11) is 3.04. The number of fused-ring (bicyclic) bond motifs is 2. The van der Waals surface area contributed by atoms with Crippen molar-refractivity contribution in [2.45, 2.75) is 39.7 Å². The molecule has 264 valence electrons. The van der Waals surface area contributed by atoms with Crippen LogP contribution in [0.4, 0.5) is 10.1 Å². The van der Waals surface area contributed by atoms with Gasteiger partial charge in [-0.05, 0) is 37.5 Å². The molecule has 5 aromatic rings. The molecule has 1 aliphatic rings. The molecule has 5 heterocycles. The Labute approximate surface area is 287 Å². The van der Waals surface area contributed by atoms with Crippen molar-refractivity contribution < 1.29 is 32.7 Å². The number of benzene rings is 1. The van der Waals surface area contributed by atoms with Gasteiger partial charge in [0.25, 0.3) is 5.91 Å². The summed E-state index contributed by atoms with van der Waals surface area (Å²) in [6.07, 6.45) is 4.65. The number of nitrogens with one attached hydrogen (secondary N) is 1. The van der Waals surface area contributed by atoms with E-state index in [2.05, 4.69) is 26.8 Å². The van der Waals surface area contributed by atoms with Gasteiger partial charge in [0.2, 0.25) is 28.7 Å². The second-order valence-electron chi connectivity index (χ2n) is 11.5. The maximum Gasteiger partial charge on any atom is 0.261 e. The number of nitrogens with zero attached hydrogens (tertiary/aromatic N) is 6. The molecular formula is C35H40FN7O7. The SMILES string of the molecule is C=C(CC)CCF.CCc1c(N2CCN(C(=O)c3c(O)ccc4ncoc34)CC2)c(=O)c2oc(-c3ccnc(OC)c3)nc2n1CC(=O)NC. The van der Waals surface area contributed by atoms with Crippen LogP contribution >= 0.6 is 0 Å². The van der Waals surface area contributed by atoms with E-state index >= 15 is 0 Å². The lowest BCUT2D eigenvalue weighted by Crippen LogP contribution is -2.50. The highest BCUT2D eigenvalue weighted by Crippen LogP contribution is 2.31. The number of amides is 2. The normalized spacial score (nSPS) is 12.9. The summed E-state index contributed by atoms with van der Waals surface area (Å²) in [6.45, 7) is 8.38. The van der Waals surface area contributed by atoms with Crippen LogP contribution in [0.25, 0.3) is 33.8 Å². The van der Waals surface area contributed by atoms with Crippen molar-refractivity contribution in [3.05, 3.63) is 70.5 Å². The molecular weight excluding hydrogens is 649 g/mol. The summed E-state index contributed by atoms with van der Waals surface area (Å²) in [6, 6.07) is 6.33. The van der Waals surface area contributed by atoms with Gasteiger partial charge in [-0.3, -0.25) is 18.8 Å². The number of ether oxygens (including phenoxy) is 1. The van der Waals surface area contributed by atoms with Crippen LogP contribution in [0.3, 0.4) is 0 Å². The number of alkyl halides is 1. The van der Waals surface area contributed by atoms with Crippen molar-refractivity contribution in [1.29, 1.82) is 0 Å². The van der Waals surface area contributed by atoms with Crippen LogP contribution in [0.2, 0.25) is 0 Å². The number of hydrogen-bond donors (Lipinski definition) is 2. The number of phenols is 1. The fraction of sp³-hybridized carbons (Fsp3) is 0.371. The molecule has 2 amide bonds. The van der Waals surface area contributed by atoms with Gasteiger partial charge in [-0.1, -0.05) is 26.0 Å². The lowest BCUT2D eigenvalue weighted by molar-refractivity contribution is -0.121. The summed E-state index contributed by atoms with van der Waals surface area (Å²) < 4.78 is 29.7. The van der Waals surface area contributed by atoms with E-state index in [0.29, 0.717) is 54.3 Å². The number of carbonyl (C=O) groups excluding carboxylic acids is 2. The summed E-state index contributed by atoms with van der Waals surface area (Å²) >= 11 is 0. The van der Waals surface area contributed by atoms with Gasteiger partial charge >= 0.3 is 0 Å². The van der Waals surface area contributed by atoms with Crippen LogP contribution in [0.15, 0.2) is 62.6 Å². The first-order chi connectivity index (χ1) is 24.1. The second-order valence-corrected chi connectivity index (χ2v) is 11.5. The molecule has 0 atom stereocenters. The highest BCUT2D eigenvalue weighted by molar-refractivity contribution is 6.06. The quantitative estimate of drug-likeness (QED) is 0.198. The number of aromatic hydroxyl groups is 1. The number of aromatic nitrogens is 4. The van der Waals surface area contributed by atoms with Crippen molar-refractivity contribution in [2.24, 2.45) is 0 Å². The molecule has 1 saturated heterocycles. The van der Waals surface area contributed by atoms with Crippen LogP contribution in [-0.4, -0.2) is 88.4 Å². The van der Waals surface area contributed by atoms with Crippen molar-refractivity contribution in [3.63, 3.8) is 0 Å². The van der Waals surface area contributed by atoms with Gasteiger partial charge in [-0.15, -0.1) is 0 Å². The Balaban J connectivity index is 0.000000630. The van der Waals surface area contributed by atoms with Gasteiger partial charge < -0.3 is 38.4 Å². The second kappa shape index (κ2) is 15.7. The molecule has 15 heteroatoms. The number of carbonyl (C=O) groups is 2. The lowest BCUT2D eigenvalue weighted by atomic mass is 10.1. The molecule has 0 aliphatic carbocycles. The minimum absolute atomic E-state index is 0.0160. The topological polar surface area (TPSA) is 169 Å². The number of oxazole rings is 2. The zero-order valence-electron chi connectivity index (χ0n) is 28.5. The monoisotopic (exact) mass is 689 g/mol. The Bertz CT molecular complexity index is 2080. The number of anilines is 1. The van der Waals surface area contributed by atoms with Gasteiger partial charge in [0.15, 0.2) is 17.6 Å². The van der Waals surface area contributed by atoms with Crippen LogP contribution in [-0.2, 0) is 17.8 Å². The average molecular weight is 690 g/mol. The number of likely N-dealkylation sites (N-methyl/N-ethyl adjacent to an activating group) is 1. The van der Waals surface area contributed by atoms with E-state index in [-0.39, 0.29) is 71.7 Å². The zero-order valence-corrected chi connectivity index (χ0v) is 28.5. The molecule has 6 rings (SSSR count). The molecule has 0 spiro atoms. The molecule has 2 N–H and O–H groups in total. The molecule has 4 aromatic heterocycles. The minimum atomic E-state index is -0.393. The van der Waals surface area contributed by atoms with Crippen molar-refractivity contribution in [1.82, 2.24) is 29.7 Å². The van der Waals surface area contributed by atoms with E-state index in [1.54, 1.807) is 40.9 Å². The number of pyridine rings is 2.